The van der Waals surface area contributed by atoms with Crippen LogP contribution in [0, 0.1) is 0 Å². The van der Waals surface area contributed by atoms with E-state index >= 15 is 0 Å². The second-order valence-electron chi connectivity index (χ2n) is 6.21. The van der Waals surface area contributed by atoms with Crippen molar-refractivity contribution in [2.75, 3.05) is 51.4 Å². The number of ether oxygens (including phenoxy) is 1. The Balaban J connectivity index is 1.55. The van der Waals surface area contributed by atoms with E-state index in [1.54, 1.807) is 18.1 Å². The molecule has 2 N–H and O–H groups in total. The van der Waals surface area contributed by atoms with Crippen molar-refractivity contribution in [3.63, 3.8) is 0 Å². The smallest absolute Gasteiger partial charge is 0.191 e. The fourth-order valence-electron chi connectivity index (χ4n) is 3.25. The van der Waals surface area contributed by atoms with Gasteiger partial charge in [-0.2, -0.15) is 16.9 Å². The van der Waals surface area contributed by atoms with E-state index in [2.05, 4.69) is 30.6 Å². The molecule has 1 unspecified atom stereocenters. The number of aliphatic imine (C=N–C) groups is 1. The van der Waals surface area contributed by atoms with E-state index in [0.717, 1.165) is 44.6 Å². The van der Waals surface area contributed by atoms with Crippen molar-refractivity contribution in [3.8, 4) is 0 Å². The van der Waals surface area contributed by atoms with Crippen molar-refractivity contribution < 1.29 is 4.74 Å². The van der Waals surface area contributed by atoms with Gasteiger partial charge in [0, 0.05) is 45.0 Å². The molecular formula is C15H27N7OS. The number of aryl methyl sites for hydroxylation is 1. The highest BCUT2D eigenvalue weighted by Gasteiger charge is 2.40. The summed E-state index contributed by atoms with van der Waals surface area (Å²) in [4.78, 5) is 11.2. The van der Waals surface area contributed by atoms with Gasteiger partial charge < -0.3 is 15.4 Å². The lowest BCUT2D eigenvalue weighted by molar-refractivity contribution is -0.0120. The Morgan fingerprint density at radius 3 is 2.88 bits per heavy atom. The molecular weight excluding hydrogens is 326 g/mol. The van der Waals surface area contributed by atoms with E-state index < -0.39 is 0 Å². The number of hydrogen-bond donors (Lipinski definition) is 2. The van der Waals surface area contributed by atoms with Crippen LogP contribution in [-0.4, -0.2) is 82.6 Å². The predicted octanol–water partition coefficient (Wildman–Crippen LogP) is -0.312. The first kappa shape index (κ1) is 17.5. The maximum atomic E-state index is 5.52. The molecule has 8 nitrogen and oxygen atoms in total. The Morgan fingerprint density at radius 1 is 1.42 bits per heavy atom. The third-order valence-electron chi connectivity index (χ3n) is 4.79. The molecule has 2 saturated heterocycles. The lowest BCUT2D eigenvalue weighted by Gasteiger charge is -2.43. The third-order valence-corrected chi connectivity index (χ3v) is 6.03. The summed E-state index contributed by atoms with van der Waals surface area (Å²) >= 11 is 2.04. The van der Waals surface area contributed by atoms with Crippen LogP contribution in [0.4, 0.5) is 0 Å². The quantitative estimate of drug-likeness (QED) is 0.555. The molecule has 3 rings (SSSR count). The van der Waals surface area contributed by atoms with E-state index in [-0.39, 0.29) is 5.54 Å². The molecule has 0 amide bonds. The first-order valence-electron chi connectivity index (χ1n) is 8.41. The fourth-order valence-corrected chi connectivity index (χ4v) is 4.72. The molecule has 0 aliphatic carbocycles. The summed E-state index contributed by atoms with van der Waals surface area (Å²) < 4.78 is 7.29. The van der Waals surface area contributed by atoms with Crippen LogP contribution in [-0.2, 0) is 18.3 Å². The van der Waals surface area contributed by atoms with Crippen LogP contribution in [0.15, 0.2) is 11.3 Å². The van der Waals surface area contributed by atoms with E-state index in [4.69, 9.17) is 4.74 Å². The number of morpholine rings is 1. The van der Waals surface area contributed by atoms with Gasteiger partial charge in [0.25, 0.3) is 0 Å². The highest BCUT2D eigenvalue weighted by Crippen LogP contribution is 2.33. The SMILES string of the molecule is CN=C(NCc1ncnn1C)NCC1(N2CCOCC2)CCSC1. The van der Waals surface area contributed by atoms with Crippen LogP contribution in [0.25, 0.3) is 0 Å². The third kappa shape index (κ3) is 4.01. The Labute approximate surface area is 147 Å². The minimum Gasteiger partial charge on any atom is -0.379 e. The van der Waals surface area contributed by atoms with Crippen LogP contribution in [0.1, 0.15) is 12.2 Å². The average molecular weight is 353 g/mol. The molecule has 0 bridgehead atoms. The Bertz CT molecular complexity index is 550. The molecule has 1 aromatic rings. The molecule has 0 aromatic carbocycles. The second kappa shape index (κ2) is 8.17. The van der Waals surface area contributed by atoms with Gasteiger partial charge in [0.15, 0.2) is 5.96 Å². The average Bonchev–Trinajstić information content (AvgIpc) is 3.26. The van der Waals surface area contributed by atoms with Crippen molar-refractivity contribution in [3.05, 3.63) is 12.2 Å². The zero-order chi connectivity index (χ0) is 16.8. The Morgan fingerprint density at radius 2 is 2.25 bits per heavy atom. The molecule has 2 aliphatic rings. The molecule has 2 fully saturated rings. The van der Waals surface area contributed by atoms with Crippen molar-refractivity contribution in [2.45, 2.75) is 18.5 Å². The number of guanidine groups is 1. The maximum Gasteiger partial charge on any atom is 0.191 e. The molecule has 0 spiro atoms. The van der Waals surface area contributed by atoms with E-state index in [1.165, 1.54) is 17.9 Å². The highest BCUT2D eigenvalue weighted by molar-refractivity contribution is 7.99. The normalized spacial score (nSPS) is 25.8. The summed E-state index contributed by atoms with van der Waals surface area (Å²) in [7, 11) is 3.69. The van der Waals surface area contributed by atoms with Crippen LogP contribution in [0.5, 0.6) is 0 Å². The first-order valence-corrected chi connectivity index (χ1v) is 9.57. The number of thioether (sulfide) groups is 1. The monoisotopic (exact) mass is 353 g/mol. The summed E-state index contributed by atoms with van der Waals surface area (Å²) in [6, 6.07) is 0. The largest absolute Gasteiger partial charge is 0.379 e. The Kier molecular flexibility index (Phi) is 5.96. The summed E-state index contributed by atoms with van der Waals surface area (Å²) in [5.74, 6) is 4.09. The number of nitrogens with one attached hydrogen (secondary N) is 2. The number of nitrogens with zero attached hydrogens (tertiary/aromatic N) is 5. The molecule has 24 heavy (non-hydrogen) atoms. The molecule has 0 radical (unpaired) electrons. The van der Waals surface area contributed by atoms with Crippen LogP contribution < -0.4 is 10.6 Å². The maximum absolute atomic E-state index is 5.52. The van der Waals surface area contributed by atoms with Gasteiger partial charge in [-0.3, -0.25) is 14.6 Å². The zero-order valence-corrected chi connectivity index (χ0v) is 15.3. The first-order chi connectivity index (χ1) is 11.7. The van der Waals surface area contributed by atoms with Gasteiger partial charge in [-0.25, -0.2) is 4.98 Å². The molecule has 134 valence electrons. The minimum absolute atomic E-state index is 0.205. The van der Waals surface area contributed by atoms with E-state index in [1.807, 2.05) is 18.8 Å². The van der Waals surface area contributed by atoms with Crippen molar-refractivity contribution >= 4 is 17.7 Å². The van der Waals surface area contributed by atoms with Gasteiger partial charge in [-0.15, -0.1) is 0 Å². The summed E-state index contributed by atoms with van der Waals surface area (Å²) in [5, 5.41) is 10.9. The highest BCUT2D eigenvalue weighted by atomic mass is 32.2. The van der Waals surface area contributed by atoms with Crippen LogP contribution in [0.3, 0.4) is 0 Å². The molecule has 9 heteroatoms. The lowest BCUT2D eigenvalue weighted by Crippen LogP contribution is -2.60. The van der Waals surface area contributed by atoms with Gasteiger partial charge in [0.2, 0.25) is 0 Å². The van der Waals surface area contributed by atoms with Crippen LogP contribution >= 0.6 is 11.8 Å². The zero-order valence-electron chi connectivity index (χ0n) is 14.5. The molecule has 1 atom stereocenters. The number of hydrogen-bond acceptors (Lipinski definition) is 6. The van der Waals surface area contributed by atoms with Crippen molar-refractivity contribution in [2.24, 2.45) is 12.0 Å². The molecule has 1 aromatic heterocycles. The van der Waals surface area contributed by atoms with Gasteiger partial charge >= 0.3 is 0 Å². The second-order valence-corrected chi connectivity index (χ2v) is 7.31. The van der Waals surface area contributed by atoms with Gasteiger partial charge in [0.05, 0.1) is 19.8 Å². The lowest BCUT2D eigenvalue weighted by atomic mass is 9.95. The van der Waals surface area contributed by atoms with Gasteiger partial charge in [-0.05, 0) is 12.2 Å². The molecule has 3 heterocycles. The number of rotatable bonds is 5. The topological polar surface area (TPSA) is 79.6 Å². The van der Waals surface area contributed by atoms with Gasteiger partial charge in [0.1, 0.15) is 12.2 Å². The number of aromatic nitrogens is 3. The van der Waals surface area contributed by atoms with E-state index in [0.29, 0.717) is 6.54 Å². The fraction of sp³-hybridized carbons (Fsp3) is 0.800. The van der Waals surface area contributed by atoms with Crippen LogP contribution in [0.2, 0.25) is 0 Å². The van der Waals surface area contributed by atoms with E-state index in [9.17, 15) is 0 Å². The Hall–Kier alpha value is -1.32. The summed E-state index contributed by atoms with van der Waals surface area (Å²) in [5.41, 5.74) is 0.205. The van der Waals surface area contributed by atoms with Gasteiger partial charge in [-0.1, -0.05) is 0 Å². The molecule has 2 aliphatic heterocycles. The van der Waals surface area contributed by atoms with Crippen molar-refractivity contribution in [1.82, 2.24) is 30.3 Å². The van der Waals surface area contributed by atoms with Crippen molar-refractivity contribution in [1.29, 1.82) is 0 Å². The summed E-state index contributed by atoms with van der Waals surface area (Å²) in [6.45, 7) is 5.23. The minimum atomic E-state index is 0.205. The molecule has 0 saturated carbocycles. The predicted molar refractivity (Wildman–Crippen MR) is 96.3 cm³/mol. The summed E-state index contributed by atoms with van der Waals surface area (Å²) in [6.07, 6.45) is 2.78. The standard InChI is InChI=1S/C15H27N7OS/c1-16-14(17-9-13-19-12-20-21(13)2)18-10-15(3-8-24-11-15)22-4-6-23-7-5-22/h12H,3-11H2,1-2H3,(H2,16,17,18).